The minimum absolute atomic E-state index is 0.0754. The van der Waals surface area contributed by atoms with Gasteiger partial charge in [-0.05, 0) is 13.0 Å². The van der Waals surface area contributed by atoms with Crippen LogP contribution in [0.3, 0.4) is 0 Å². The van der Waals surface area contributed by atoms with Crippen LogP contribution in [-0.2, 0) is 9.59 Å². The van der Waals surface area contributed by atoms with E-state index in [1.165, 1.54) is 4.90 Å². The van der Waals surface area contributed by atoms with Crippen LogP contribution in [0.2, 0.25) is 0 Å². The first kappa shape index (κ1) is 14.0. The molecule has 2 amide bonds. The van der Waals surface area contributed by atoms with E-state index in [9.17, 15) is 9.59 Å². The number of amides is 2. The molecule has 1 aromatic rings. The second kappa shape index (κ2) is 5.72. The third-order valence-electron chi connectivity index (χ3n) is 3.20. The maximum absolute atomic E-state index is 12.1. The largest absolute Gasteiger partial charge is 0.354 e. The van der Waals surface area contributed by atoms with Crippen LogP contribution in [0.15, 0.2) is 18.2 Å². The molecule has 0 fully saturated rings. The van der Waals surface area contributed by atoms with Gasteiger partial charge in [-0.25, -0.2) is 0 Å². The second-order valence-corrected chi connectivity index (χ2v) is 4.72. The Morgan fingerprint density at radius 3 is 3.00 bits per heavy atom. The molecule has 20 heavy (non-hydrogen) atoms. The third kappa shape index (κ3) is 2.63. The van der Waals surface area contributed by atoms with E-state index < -0.39 is 6.04 Å². The number of hydrogen-bond donors (Lipinski definition) is 2. The van der Waals surface area contributed by atoms with Gasteiger partial charge < -0.3 is 16.0 Å². The molecule has 0 aromatic heterocycles. The molecule has 6 heteroatoms. The summed E-state index contributed by atoms with van der Waals surface area (Å²) >= 11 is 0. The van der Waals surface area contributed by atoms with Gasteiger partial charge in [0.15, 0.2) is 0 Å². The highest BCUT2D eigenvalue weighted by molar-refractivity contribution is 6.07. The van der Waals surface area contributed by atoms with Gasteiger partial charge in [-0.2, -0.15) is 5.26 Å². The number of nitrogens with two attached hydrogens (primary N) is 1. The van der Waals surface area contributed by atoms with Crippen molar-refractivity contribution in [3.05, 3.63) is 29.3 Å². The van der Waals surface area contributed by atoms with Gasteiger partial charge >= 0.3 is 0 Å². The van der Waals surface area contributed by atoms with E-state index in [1.807, 2.05) is 25.1 Å². The zero-order chi connectivity index (χ0) is 14.7. The molecule has 1 aliphatic rings. The Kier molecular flexibility index (Phi) is 4.01. The minimum atomic E-state index is -0.711. The zero-order valence-corrected chi connectivity index (χ0v) is 11.2. The van der Waals surface area contributed by atoms with E-state index >= 15 is 0 Å². The van der Waals surface area contributed by atoms with Crippen molar-refractivity contribution in [2.45, 2.75) is 19.4 Å². The lowest BCUT2D eigenvalue weighted by Crippen LogP contribution is -2.40. The Hall–Kier alpha value is -2.39. The van der Waals surface area contributed by atoms with Crippen molar-refractivity contribution < 1.29 is 9.59 Å². The number of carbonyl (C=O) groups is 2. The van der Waals surface area contributed by atoms with Crippen molar-refractivity contribution in [2.24, 2.45) is 5.73 Å². The molecule has 0 aliphatic carbocycles. The molecule has 0 saturated carbocycles. The van der Waals surface area contributed by atoms with Crippen LogP contribution in [0.5, 0.6) is 0 Å². The fourth-order valence-electron chi connectivity index (χ4n) is 2.21. The summed E-state index contributed by atoms with van der Waals surface area (Å²) in [6.07, 6.45) is 0.245. The number of hydrogen-bond acceptors (Lipinski definition) is 4. The summed E-state index contributed by atoms with van der Waals surface area (Å²) in [4.78, 5) is 25.2. The maximum atomic E-state index is 12.1. The van der Waals surface area contributed by atoms with E-state index in [4.69, 9.17) is 11.0 Å². The van der Waals surface area contributed by atoms with Crippen molar-refractivity contribution in [2.75, 3.05) is 18.0 Å². The van der Waals surface area contributed by atoms with Crippen LogP contribution in [0, 0.1) is 18.3 Å². The molecule has 1 aliphatic heterocycles. The molecule has 3 N–H and O–H groups in total. The fraction of sp³-hybridized carbons (Fsp3) is 0.357. The number of nitrogens with zero attached hydrogens (tertiary/aromatic N) is 2. The third-order valence-corrected chi connectivity index (χ3v) is 3.20. The van der Waals surface area contributed by atoms with E-state index in [-0.39, 0.29) is 31.3 Å². The first-order valence-electron chi connectivity index (χ1n) is 6.35. The van der Waals surface area contributed by atoms with Crippen molar-refractivity contribution in [3.8, 4) is 6.07 Å². The lowest BCUT2D eigenvalue weighted by Gasteiger charge is -2.17. The van der Waals surface area contributed by atoms with Gasteiger partial charge in [-0.15, -0.1) is 0 Å². The average molecular weight is 272 g/mol. The first-order valence-corrected chi connectivity index (χ1v) is 6.35. The molecule has 1 heterocycles. The molecule has 6 nitrogen and oxygen atoms in total. The van der Waals surface area contributed by atoms with Gasteiger partial charge in [-0.1, -0.05) is 17.7 Å². The van der Waals surface area contributed by atoms with Gasteiger partial charge in [0, 0.05) is 17.8 Å². The minimum Gasteiger partial charge on any atom is -0.354 e. The van der Waals surface area contributed by atoms with Gasteiger partial charge in [0.1, 0.15) is 12.6 Å². The molecule has 0 spiro atoms. The average Bonchev–Trinajstić information content (AvgIpc) is 2.64. The van der Waals surface area contributed by atoms with Crippen LogP contribution in [0.1, 0.15) is 23.6 Å². The lowest BCUT2D eigenvalue weighted by molar-refractivity contribution is -0.124. The van der Waals surface area contributed by atoms with Crippen molar-refractivity contribution >= 4 is 17.5 Å². The smallest absolute Gasteiger partial charge is 0.249 e. The highest BCUT2D eigenvalue weighted by atomic mass is 16.2. The Balaban J connectivity index is 2.12. The quantitative estimate of drug-likeness (QED) is 0.773. The van der Waals surface area contributed by atoms with Gasteiger partial charge in [-0.3, -0.25) is 9.59 Å². The molecular weight excluding hydrogens is 256 g/mol. The normalized spacial score (nSPS) is 16.8. The fourth-order valence-corrected chi connectivity index (χ4v) is 2.21. The molecule has 0 bridgehead atoms. The number of nitriles is 1. The Morgan fingerprint density at radius 1 is 1.55 bits per heavy atom. The van der Waals surface area contributed by atoms with E-state index in [1.54, 1.807) is 6.07 Å². The first-order chi connectivity index (χ1) is 9.54. The molecule has 1 atom stereocenters. The predicted molar refractivity (Wildman–Crippen MR) is 73.7 cm³/mol. The second-order valence-electron chi connectivity index (χ2n) is 4.72. The highest BCUT2D eigenvalue weighted by Crippen LogP contribution is 2.34. The highest BCUT2D eigenvalue weighted by Gasteiger charge is 2.35. The number of benzene rings is 1. The van der Waals surface area contributed by atoms with Crippen molar-refractivity contribution in [1.82, 2.24) is 5.32 Å². The summed E-state index contributed by atoms with van der Waals surface area (Å²) in [6.45, 7) is 2.13. The molecule has 0 radical (unpaired) electrons. The summed E-state index contributed by atoms with van der Waals surface area (Å²) in [5, 5.41) is 11.0. The molecule has 104 valence electrons. The number of fused-ring (bicyclic) bond motifs is 1. The topological polar surface area (TPSA) is 99.2 Å². The summed E-state index contributed by atoms with van der Waals surface area (Å²) in [5.74, 6) is -0.574. The molecule has 2 rings (SSSR count). The van der Waals surface area contributed by atoms with Crippen LogP contribution in [0.4, 0.5) is 5.69 Å². The standard InChI is InChI=1S/C14H16N4O2/c1-9-3-4-11-10(7-9)13(16)14(20)18(11)8-12(19)17-6-2-5-15/h3-4,7,13H,2,6,8,16H2,1H3,(H,17,19). The Labute approximate surface area is 117 Å². The lowest BCUT2D eigenvalue weighted by atomic mass is 10.1. The molecule has 0 saturated heterocycles. The summed E-state index contributed by atoms with van der Waals surface area (Å²) < 4.78 is 0. The maximum Gasteiger partial charge on any atom is 0.249 e. The summed E-state index contributed by atoms with van der Waals surface area (Å²) in [6, 6.07) is 6.78. The summed E-state index contributed by atoms with van der Waals surface area (Å²) in [5.41, 5.74) is 8.33. The SMILES string of the molecule is Cc1ccc2c(c1)C(N)C(=O)N2CC(=O)NCCC#N. The number of rotatable bonds is 4. The van der Waals surface area contributed by atoms with E-state index in [2.05, 4.69) is 5.32 Å². The van der Waals surface area contributed by atoms with Crippen LogP contribution in [-0.4, -0.2) is 24.9 Å². The van der Waals surface area contributed by atoms with Crippen molar-refractivity contribution in [1.29, 1.82) is 5.26 Å². The number of nitrogens with one attached hydrogen (secondary N) is 1. The zero-order valence-electron chi connectivity index (χ0n) is 11.2. The van der Waals surface area contributed by atoms with Crippen LogP contribution < -0.4 is 16.0 Å². The van der Waals surface area contributed by atoms with Gasteiger partial charge in [0.2, 0.25) is 11.8 Å². The van der Waals surface area contributed by atoms with Crippen LogP contribution in [0.25, 0.3) is 0 Å². The number of carbonyl (C=O) groups excluding carboxylic acids is 2. The number of aryl methyl sites for hydroxylation is 1. The molecular formula is C14H16N4O2. The molecule has 1 aromatic carbocycles. The summed E-state index contributed by atoms with van der Waals surface area (Å²) in [7, 11) is 0. The Bertz CT molecular complexity index is 591. The van der Waals surface area contributed by atoms with Gasteiger partial charge in [0.05, 0.1) is 12.5 Å². The van der Waals surface area contributed by atoms with Crippen molar-refractivity contribution in [3.63, 3.8) is 0 Å². The van der Waals surface area contributed by atoms with E-state index in [0.29, 0.717) is 5.69 Å². The molecule has 1 unspecified atom stereocenters. The van der Waals surface area contributed by atoms with Gasteiger partial charge in [0.25, 0.3) is 0 Å². The predicted octanol–water partition coefficient (Wildman–Crippen LogP) is 0.371. The number of anilines is 1. The van der Waals surface area contributed by atoms with Crippen LogP contribution >= 0.6 is 0 Å². The van der Waals surface area contributed by atoms with E-state index in [0.717, 1.165) is 11.1 Å². The monoisotopic (exact) mass is 272 g/mol. The Morgan fingerprint density at radius 2 is 2.30 bits per heavy atom.